The highest BCUT2D eigenvalue weighted by Crippen LogP contribution is 2.31. The molecule has 3 aromatic carbocycles. The Bertz CT molecular complexity index is 1220. The molecule has 0 unspecified atom stereocenters. The maximum atomic E-state index is 14.1. The lowest BCUT2D eigenvalue weighted by Crippen LogP contribution is -2.47. The van der Waals surface area contributed by atoms with E-state index in [1.54, 1.807) is 54.6 Å². The van der Waals surface area contributed by atoms with E-state index in [2.05, 4.69) is 10.6 Å². The molecule has 5 nitrogen and oxygen atoms in total. The molecule has 0 atom stereocenters. The molecule has 1 amide bonds. The van der Waals surface area contributed by atoms with E-state index < -0.39 is 34.8 Å². The number of thiocarbonyl (C=S) groups is 1. The topological polar surface area (TPSA) is 47.6 Å². The van der Waals surface area contributed by atoms with Crippen LogP contribution in [0.4, 0.5) is 39.0 Å². The van der Waals surface area contributed by atoms with E-state index in [1.807, 2.05) is 4.90 Å². The third-order valence-electron chi connectivity index (χ3n) is 5.54. The van der Waals surface area contributed by atoms with Gasteiger partial charge in [-0.05, 0) is 48.6 Å². The molecule has 1 saturated heterocycles. The van der Waals surface area contributed by atoms with Crippen LogP contribution in [0.5, 0.6) is 0 Å². The quantitative estimate of drug-likeness (QED) is 0.230. The van der Waals surface area contributed by atoms with E-state index in [1.165, 1.54) is 0 Å². The Morgan fingerprint density at radius 3 is 1.80 bits per heavy atom. The third kappa shape index (κ3) is 5.19. The average molecular weight is 507 g/mol. The summed E-state index contributed by atoms with van der Waals surface area (Å²) in [6.07, 6.45) is 0. The summed E-state index contributed by atoms with van der Waals surface area (Å²) in [5.41, 5.74) is 0.989. The van der Waals surface area contributed by atoms with Gasteiger partial charge in [-0.15, -0.1) is 0 Å². The summed E-state index contributed by atoms with van der Waals surface area (Å²) in [7, 11) is 0. The first-order chi connectivity index (χ1) is 16.8. The molecular formula is C24H19F5N4OS. The number of halogens is 5. The Hall–Kier alpha value is -3.73. The summed E-state index contributed by atoms with van der Waals surface area (Å²) < 4.78 is 68.6. The SMILES string of the molecule is O=C(NC(=S)Nc1ccc(N2CCN(c3c(F)c(F)c(F)c(F)c3F)CC2)cc1)c1ccccc1. The van der Waals surface area contributed by atoms with Crippen LogP contribution in [0, 0.1) is 29.1 Å². The molecule has 4 rings (SSSR count). The largest absolute Gasteiger partial charge is 0.368 e. The fourth-order valence-electron chi connectivity index (χ4n) is 3.74. The van der Waals surface area contributed by atoms with Gasteiger partial charge in [0.2, 0.25) is 5.82 Å². The Kier molecular flexibility index (Phi) is 7.15. The molecule has 1 aliphatic heterocycles. The first kappa shape index (κ1) is 24.4. The van der Waals surface area contributed by atoms with Crippen LogP contribution in [-0.2, 0) is 0 Å². The zero-order valence-corrected chi connectivity index (χ0v) is 18.9. The predicted octanol–water partition coefficient (Wildman–Crippen LogP) is 4.84. The Balaban J connectivity index is 1.35. The third-order valence-corrected chi connectivity index (χ3v) is 5.74. The molecule has 3 aromatic rings. The van der Waals surface area contributed by atoms with Crippen molar-refractivity contribution in [1.82, 2.24) is 5.32 Å². The maximum absolute atomic E-state index is 14.1. The van der Waals surface area contributed by atoms with Gasteiger partial charge in [0.1, 0.15) is 5.69 Å². The normalized spacial score (nSPS) is 13.5. The molecule has 1 heterocycles. The van der Waals surface area contributed by atoms with Gasteiger partial charge in [0.05, 0.1) is 0 Å². The van der Waals surface area contributed by atoms with Crippen LogP contribution >= 0.6 is 12.2 Å². The molecule has 0 saturated carbocycles. The van der Waals surface area contributed by atoms with Crippen LogP contribution in [0.2, 0.25) is 0 Å². The van der Waals surface area contributed by atoms with Crippen LogP contribution in [0.15, 0.2) is 54.6 Å². The molecule has 1 aliphatic rings. The van der Waals surface area contributed by atoms with Gasteiger partial charge in [0.15, 0.2) is 28.4 Å². The number of carbonyl (C=O) groups is 1. The van der Waals surface area contributed by atoms with Gasteiger partial charge < -0.3 is 15.1 Å². The van der Waals surface area contributed by atoms with Crippen molar-refractivity contribution >= 4 is 40.3 Å². The lowest BCUT2D eigenvalue weighted by molar-refractivity contribution is 0.0977. The summed E-state index contributed by atoms with van der Waals surface area (Å²) in [5.74, 6) is -10.1. The van der Waals surface area contributed by atoms with Crippen LogP contribution in [-0.4, -0.2) is 37.2 Å². The van der Waals surface area contributed by atoms with E-state index in [0.29, 0.717) is 24.3 Å². The minimum absolute atomic E-state index is 0.0634. The first-order valence-electron chi connectivity index (χ1n) is 10.5. The molecule has 0 aliphatic carbocycles. The Morgan fingerprint density at radius 1 is 0.714 bits per heavy atom. The number of nitrogens with zero attached hydrogens (tertiary/aromatic N) is 2. The fourth-order valence-corrected chi connectivity index (χ4v) is 3.95. The Labute approximate surface area is 203 Å². The second-order valence-electron chi connectivity index (χ2n) is 7.71. The van der Waals surface area contributed by atoms with Crippen molar-refractivity contribution in [3.05, 3.63) is 89.2 Å². The molecule has 0 radical (unpaired) electrons. The highest BCUT2D eigenvalue weighted by atomic mass is 32.1. The summed E-state index contributed by atoms with van der Waals surface area (Å²) in [6, 6.07) is 15.7. The lowest BCUT2D eigenvalue weighted by atomic mass is 10.2. The van der Waals surface area contributed by atoms with Gasteiger partial charge in [-0.3, -0.25) is 10.1 Å². The minimum atomic E-state index is -2.17. The van der Waals surface area contributed by atoms with Crippen molar-refractivity contribution in [3.8, 4) is 0 Å². The van der Waals surface area contributed by atoms with Crippen molar-refractivity contribution in [2.75, 3.05) is 41.3 Å². The fraction of sp³-hybridized carbons (Fsp3) is 0.167. The molecule has 1 fully saturated rings. The van der Waals surface area contributed by atoms with Crippen molar-refractivity contribution in [2.24, 2.45) is 0 Å². The average Bonchev–Trinajstić information content (AvgIpc) is 2.88. The van der Waals surface area contributed by atoms with Crippen LogP contribution in [0.25, 0.3) is 0 Å². The van der Waals surface area contributed by atoms with Crippen LogP contribution in [0.3, 0.4) is 0 Å². The molecule has 2 N–H and O–H groups in total. The minimum Gasteiger partial charge on any atom is -0.368 e. The molecule has 11 heteroatoms. The number of amides is 1. The van der Waals surface area contributed by atoms with Crippen LogP contribution < -0.4 is 20.4 Å². The van der Waals surface area contributed by atoms with Crippen LogP contribution in [0.1, 0.15) is 10.4 Å². The number of carbonyl (C=O) groups excluding carboxylic acids is 1. The van der Waals surface area contributed by atoms with E-state index >= 15 is 0 Å². The van der Waals surface area contributed by atoms with E-state index in [9.17, 15) is 26.7 Å². The summed E-state index contributed by atoms with van der Waals surface area (Å²) in [6.45, 7) is 0.734. The maximum Gasteiger partial charge on any atom is 0.257 e. The van der Waals surface area contributed by atoms with Gasteiger partial charge in [-0.25, -0.2) is 22.0 Å². The molecule has 182 valence electrons. The van der Waals surface area contributed by atoms with Gasteiger partial charge in [0, 0.05) is 43.1 Å². The second-order valence-corrected chi connectivity index (χ2v) is 8.12. The summed E-state index contributed by atoms with van der Waals surface area (Å²) in [4.78, 5) is 15.2. The zero-order valence-electron chi connectivity index (χ0n) is 18.1. The smallest absolute Gasteiger partial charge is 0.257 e. The van der Waals surface area contributed by atoms with E-state index in [4.69, 9.17) is 12.2 Å². The van der Waals surface area contributed by atoms with E-state index in [-0.39, 0.29) is 24.1 Å². The summed E-state index contributed by atoms with van der Waals surface area (Å²) in [5, 5.41) is 5.64. The van der Waals surface area contributed by atoms with Gasteiger partial charge in [-0.2, -0.15) is 0 Å². The lowest BCUT2D eigenvalue weighted by Gasteiger charge is -2.37. The molecule has 0 bridgehead atoms. The van der Waals surface area contributed by atoms with Crippen molar-refractivity contribution < 1.29 is 26.7 Å². The predicted molar refractivity (Wildman–Crippen MR) is 127 cm³/mol. The Morgan fingerprint density at radius 2 is 1.23 bits per heavy atom. The number of benzene rings is 3. The molecule has 0 spiro atoms. The van der Waals surface area contributed by atoms with Crippen molar-refractivity contribution in [1.29, 1.82) is 0 Å². The number of hydrogen-bond acceptors (Lipinski definition) is 4. The molecule has 0 aromatic heterocycles. The molecular weight excluding hydrogens is 487 g/mol. The number of nitrogens with one attached hydrogen (secondary N) is 2. The van der Waals surface area contributed by atoms with Gasteiger partial charge in [-0.1, -0.05) is 18.2 Å². The van der Waals surface area contributed by atoms with Crippen molar-refractivity contribution in [3.63, 3.8) is 0 Å². The number of rotatable bonds is 4. The number of anilines is 3. The highest BCUT2D eigenvalue weighted by molar-refractivity contribution is 7.80. The zero-order chi connectivity index (χ0) is 25.1. The van der Waals surface area contributed by atoms with E-state index in [0.717, 1.165) is 10.6 Å². The highest BCUT2D eigenvalue weighted by Gasteiger charge is 2.30. The first-order valence-corrected chi connectivity index (χ1v) is 11.0. The second kappa shape index (κ2) is 10.3. The number of piperazine rings is 1. The van der Waals surface area contributed by atoms with Gasteiger partial charge >= 0.3 is 0 Å². The number of hydrogen-bond donors (Lipinski definition) is 2. The van der Waals surface area contributed by atoms with Gasteiger partial charge in [0.25, 0.3) is 5.91 Å². The monoisotopic (exact) mass is 506 g/mol. The summed E-state index contributed by atoms with van der Waals surface area (Å²) >= 11 is 5.18. The molecule has 35 heavy (non-hydrogen) atoms. The van der Waals surface area contributed by atoms with Crippen molar-refractivity contribution in [2.45, 2.75) is 0 Å². The standard InChI is InChI=1S/C24H19F5N4OS/c25-17-18(26)20(28)22(21(29)19(17)27)33-12-10-32(11-13-33)16-8-6-15(7-9-16)30-24(35)31-23(34)14-4-2-1-3-5-14/h1-9H,10-13H2,(H2,30,31,34,35).